The average molecular weight is 314 g/mol. The third-order valence-electron chi connectivity index (χ3n) is 3.47. The molecule has 1 heterocycles. The predicted octanol–water partition coefficient (Wildman–Crippen LogP) is 1.27. The molecule has 0 amide bonds. The summed E-state index contributed by atoms with van der Waals surface area (Å²) in [7, 11) is -1.83. The topological polar surface area (TPSA) is 72.6 Å². The summed E-state index contributed by atoms with van der Waals surface area (Å²) in [6, 6.07) is 6.94. The number of thiocarbonyl (C=S) groups is 1. The van der Waals surface area contributed by atoms with Crippen LogP contribution < -0.4 is 10.0 Å². The zero-order chi connectivity index (χ0) is 14.8. The van der Waals surface area contributed by atoms with Crippen molar-refractivity contribution in [3.63, 3.8) is 0 Å². The van der Waals surface area contributed by atoms with Gasteiger partial charge in [0.15, 0.2) is 0 Å². The van der Waals surface area contributed by atoms with Crippen LogP contribution in [0.1, 0.15) is 18.4 Å². The summed E-state index contributed by atoms with van der Waals surface area (Å²) in [6.07, 6.45) is 1.06. The molecule has 0 unspecified atom stereocenters. The van der Waals surface area contributed by atoms with Crippen molar-refractivity contribution < 1.29 is 13.2 Å². The maximum Gasteiger partial charge on any atom is 0.237 e. The number of anilines is 1. The van der Waals surface area contributed by atoms with E-state index in [1.54, 1.807) is 31.3 Å². The molecule has 0 spiro atoms. The van der Waals surface area contributed by atoms with E-state index in [-0.39, 0.29) is 4.99 Å². The Morgan fingerprint density at radius 1 is 1.40 bits per heavy atom. The Morgan fingerprint density at radius 2 is 2.05 bits per heavy atom. The van der Waals surface area contributed by atoms with Crippen LogP contribution in [0.5, 0.6) is 0 Å². The van der Waals surface area contributed by atoms with Gasteiger partial charge in [-0.15, -0.1) is 0 Å². The molecule has 1 aliphatic rings. The highest BCUT2D eigenvalue weighted by Crippen LogP contribution is 2.24. The van der Waals surface area contributed by atoms with Crippen LogP contribution in [-0.2, 0) is 14.8 Å². The van der Waals surface area contributed by atoms with E-state index in [4.69, 9.17) is 22.7 Å². The van der Waals surface area contributed by atoms with E-state index in [1.807, 2.05) is 0 Å². The molecule has 20 heavy (non-hydrogen) atoms. The van der Waals surface area contributed by atoms with Gasteiger partial charge in [0.1, 0.15) is 4.99 Å². The summed E-state index contributed by atoms with van der Waals surface area (Å²) in [5, 5.41) is -0.394. The quantitative estimate of drug-likeness (QED) is 0.847. The van der Waals surface area contributed by atoms with Gasteiger partial charge < -0.3 is 10.5 Å². The first-order chi connectivity index (χ1) is 9.43. The molecule has 0 radical (unpaired) electrons. The summed E-state index contributed by atoms with van der Waals surface area (Å²) in [5.41, 5.74) is 6.81. The maximum atomic E-state index is 12.6. The Kier molecular flexibility index (Phi) is 4.62. The molecular formula is C13H18N2O3S2. The lowest BCUT2D eigenvalue weighted by Crippen LogP contribution is -2.39. The van der Waals surface area contributed by atoms with Crippen LogP contribution in [-0.4, -0.2) is 38.9 Å². The molecule has 0 atom stereocenters. The Labute approximate surface area is 124 Å². The van der Waals surface area contributed by atoms with Gasteiger partial charge in [0.25, 0.3) is 0 Å². The van der Waals surface area contributed by atoms with Crippen LogP contribution in [0.15, 0.2) is 24.3 Å². The third-order valence-corrected chi connectivity index (χ3v) is 5.99. The van der Waals surface area contributed by atoms with Crippen LogP contribution in [0.2, 0.25) is 0 Å². The molecule has 1 saturated heterocycles. The first-order valence-corrected chi connectivity index (χ1v) is 8.29. The van der Waals surface area contributed by atoms with E-state index < -0.39 is 15.3 Å². The first-order valence-electron chi connectivity index (χ1n) is 6.38. The van der Waals surface area contributed by atoms with Crippen LogP contribution in [0.3, 0.4) is 0 Å². The standard InChI is InChI=1S/C13H18N2O3S2/c1-15(11-4-2-3-10(9-11)13(14)19)20(16,17)12-5-7-18-8-6-12/h2-4,9,12H,5-8H2,1H3,(H2,14,19). The summed E-state index contributed by atoms with van der Waals surface area (Å²) >= 11 is 4.92. The molecular weight excluding hydrogens is 296 g/mol. The second kappa shape index (κ2) is 6.07. The lowest BCUT2D eigenvalue weighted by Gasteiger charge is -2.28. The van der Waals surface area contributed by atoms with Crippen molar-refractivity contribution in [2.24, 2.45) is 5.73 Å². The zero-order valence-corrected chi connectivity index (χ0v) is 12.9. The fourth-order valence-corrected chi connectivity index (χ4v) is 3.97. The molecule has 1 aliphatic heterocycles. The lowest BCUT2D eigenvalue weighted by molar-refractivity contribution is 0.0983. The molecule has 0 saturated carbocycles. The van der Waals surface area contributed by atoms with Gasteiger partial charge in [0.05, 0.1) is 10.9 Å². The van der Waals surface area contributed by atoms with Crippen molar-refractivity contribution in [2.75, 3.05) is 24.6 Å². The average Bonchev–Trinajstić information content (AvgIpc) is 2.47. The van der Waals surface area contributed by atoms with Crippen molar-refractivity contribution >= 4 is 32.9 Å². The van der Waals surface area contributed by atoms with Crippen molar-refractivity contribution in [2.45, 2.75) is 18.1 Å². The zero-order valence-electron chi connectivity index (χ0n) is 11.3. The fraction of sp³-hybridized carbons (Fsp3) is 0.462. The molecule has 2 N–H and O–H groups in total. The fourth-order valence-electron chi connectivity index (χ4n) is 2.20. The number of ether oxygens (including phenoxy) is 1. The number of benzene rings is 1. The number of hydrogen-bond acceptors (Lipinski definition) is 4. The highest BCUT2D eigenvalue weighted by atomic mass is 32.2. The molecule has 5 nitrogen and oxygen atoms in total. The minimum atomic E-state index is -3.39. The van der Waals surface area contributed by atoms with Crippen LogP contribution in [0, 0.1) is 0 Å². The molecule has 1 aromatic carbocycles. The van der Waals surface area contributed by atoms with Crippen molar-refractivity contribution in [1.82, 2.24) is 0 Å². The van der Waals surface area contributed by atoms with E-state index in [0.717, 1.165) is 0 Å². The SMILES string of the molecule is CN(c1cccc(C(N)=S)c1)S(=O)(=O)C1CCOCC1. The van der Waals surface area contributed by atoms with Gasteiger partial charge in [0.2, 0.25) is 10.0 Å². The maximum absolute atomic E-state index is 12.6. The summed E-state index contributed by atoms with van der Waals surface area (Å²) in [5.74, 6) is 0. The minimum absolute atomic E-state index is 0.253. The number of nitrogens with two attached hydrogens (primary N) is 1. The smallest absolute Gasteiger partial charge is 0.237 e. The van der Waals surface area contributed by atoms with Gasteiger partial charge >= 0.3 is 0 Å². The van der Waals surface area contributed by atoms with Crippen LogP contribution in [0.25, 0.3) is 0 Å². The summed E-state index contributed by atoms with van der Waals surface area (Å²) < 4.78 is 31.7. The summed E-state index contributed by atoms with van der Waals surface area (Å²) in [6.45, 7) is 0.981. The van der Waals surface area contributed by atoms with E-state index in [2.05, 4.69) is 0 Å². The molecule has 0 bridgehead atoms. The van der Waals surface area contributed by atoms with Crippen LogP contribution in [0.4, 0.5) is 5.69 Å². The van der Waals surface area contributed by atoms with E-state index in [0.29, 0.717) is 37.3 Å². The van der Waals surface area contributed by atoms with Gasteiger partial charge in [-0.3, -0.25) is 4.31 Å². The van der Waals surface area contributed by atoms with Crippen LogP contribution >= 0.6 is 12.2 Å². The molecule has 110 valence electrons. The molecule has 0 aromatic heterocycles. The lowest BCUT2D eigenvalue weighted by atomic mass is 10.2. The number of rotatable bonds is 4. The molecule has 1 fully saturated rings. The normalized spacial score (nSPS) is 16.9. The molecule has 7 heteroatoms. The highest BCUT2D eigenvalue weighted by molar-refractivity contribution is 7.93. The van der Waals surface area contributed by atoms with E-state index >= 15 is 0 Å². The van der Waals surface area contributed by atoms with Gasteiger partial charge in [-0.25, -0.2) is 8.42 Å². The molecule has 1 aromatic rings. The van der Waals surface area contributed by atoms with Gasteiger partial charge in [0, 0.05) is 25.8 Å². The highest BCUT2D eigenvalue weighted by Gasteiger charge is 2.31. The number of sulfonamides is 1. The van der Waals surface area contributed by atoms with E-state index in [1.165, 1.54) is 4.31 Å². The second-order valence-electron chi connectivity index (χ2n) is 4.74. The van der Waals surface area contributed by atoms with Crippen molar-refractivity contribution in [3.8, 4) is 0 Å². The Hall–Kier alpha value is -1.18. The Balaban J connectivity index is 2.27. The first kappa shape index (κ1) is 15.2. The van der Waals surface area contributed by atoms with E-state index in [9.17, 15) is 8.42 Å². The molecule has 0 aliphatic carbocycles. The minimum Gasteiger partial charge on any atom is -0.389 e. The van der Waals surface area contributed by atoms with Gasteiger partial charge in [-0.1, -0.05) is 24.4 Å². The predicted molar refractivity (Wildman–Crippen MR) is 83.5 cm³/mol. The van der Waals surface area contributed by atoms with Crippen molar-refractivity contribution in [3.05, 3.63) is 29.8 Å². The Morgan fingerprint density at radius 3 is 2.65 bits per heavy atom. The van der Waals surface area contributed by atoms with Gasteiger partial charge in [-0.05, 0) is 25.0 Å². The van der Waals surface area contributed by atoms with Crippen molar-refractivity contribution in [1.29, 1.82) is 0 Å². The number of nitrogens with zero attached hydrogens (tertiary/aromatic N) is 1. The van der Waals surface area contributed by atoms with Gasteiger partial charge in [-0.2, -0.15) is 0 Å². The largest absolute Gasteiger partial charge is 0.389 e. The Bertz CT molecular complexity index is 595. The second-order valence-corrected chi connectivity index (χ2v) is 7.42. The third kappa shape index (κ3) is 3.11. The number of hydrogen-bond donors (Lipinski definition) is 1. The monoisotopic (exact) mass is 314 g/mol. The molecule has 2 rings (SSSR count). The summed E-state index contributed by atoms with van der Waals surface area (Å²) in [4.78, 5) is 0.253.